The predicted octanol–water partition coefficient (Wildman–Crippen LogP) is 4.04. The molecule has 23 heavy (non-hydrogen) atoms. The van der Waals surface area contributed by atoms with Crippen molar-refractivity contribution >= 4 is 11.7 Å². The lowest BCUT2D eigenvalue weighted by molar-refractivity contribution is -0.384. The Bertz CT molecular complexity index is 689. The van der Waals surface area contributed by atoms with Gasteiger partial charge in [-0.15, -0.1) is 0 Å². The average Bonchev–Trinajstić information content (AvgIpc) is 2.98. The minimum Gasteiger partial charge on any atom is -0.464 e. The topological polar surface area (TPSA) is 74.4 Å². The number of ether oxygens (including phenoxy) is 1. The maximum atomic E-state index is 11.9. The van der Waals surface area contributed by atoms with Crippen LogP contribution in [0.1, 0.15) is 36.7 Å². The summed E-state index contributed by atoms with van der Waals surface area (Å²) in [4.78, 5) is 22.2. The van der Waals surface area contributed by atoms with Gasteiger partial charge in [0.05, 0.1) is 12.0 Å². The molecule has 0 aliphatic heterocycles. The van der Waals surface area contributed by atoms with Gasteiger partial charge >= 0.3 is 5.97 Å². The molecule has 0 amide bonds. The fraction of sp³-hybridized carbons (Fsp3) is 0.353. The second-order valence-corrected chi connectivity index (χ2v) is 5.31. The standard InChI is InChI=1S/C17H20N2O4/c1-3-4-5-10-18-12-14(11-16(18)17(20)23-2)13-6-8-15(9-7-13)19(21)22/h6-9,11-12H,3-5,10H2,1-2H3. The van der Waals surface area contributed by atoms with Crippen LogP contribution in [0, 0.1) is 10.1 Å². The van der Waals surface area contributed by atoms with E-state index in [1.807, 2.05) is 10.8 Å². The number of benzene rings is 1. The molecule has 0 aliphatic rings. The molecule has 0 fully saturated rings. The second-order valence-electron chi connectivity index (χ2n) is 5.31. The van der Waals surface area contributed by atoms with Crippen LogP contribution in [0.5, 0.6) is 0 Å². The molecular weight excluding hydrogens is 296 g/mol. The highest BCUT2D eigenvalue weighted by Crippen LogP contribution is 2.25. The first-order valence-corrected chi connectivity index (χ1v) is 7.60. The van der Waals surface area contributed by atoms with E-state index in [9.17, 15) is 14.9 Å². The number of hydrogen-bond donors (Lipinski definition) is 0. The first-order valence-electron chi connectivity index (χ1n) is 7.60. The summed E-state index contributed by atoms with van der Waals surface area (Å²) in [5.41, 5.74) is 2.22. The van der Waals surface area contributed by atoms with Crippen LogP contribution in [0.2, 0.25) is 0 Å². The average molecular weight is 316 g/mol. The van der Waals surface area contributed by atoms with E-state index in [-0.39, 0.29) is 11.7 Å². The lowest BCUT2D eigenvalue weighted by Gasteiger charge is -2.06. The zero-order chi connectivity index (χ0) is 16.8. The third kappa shape index (κ3) is 3.97. The van der Waals surface area contributed by atoms with E-state index in [1.54, 1.807) is 18.2 Å². The molecule has 1 heterocycles. The Labute approximate surface area is 134 Å². The van der Waals surface area contributed by atoms with Crippen LogP contribution in [0.15, 0.2) is 36.5 Å². The highest BCUT2D eigenvalue weighted by molar-refractivity contribution is 5.89. The van der Waals surface area contributed by atoms with Gasteiger partial charge in [0.2, 0.25) is 0 Å². The molecule has 6 nitrogen and oxygen atoms in total. The molecule has 0 N–H and O–H groups in total. The van der Waals surface area contributed by atoms with Gasteiger partial charge in [0, 0.05) is 30.4 Å². The Morgan fingerprint density at radius 1 is 1.22 bits per heavy atom. The van der Waals surface area contributed by atoms with Crippen LogP contribution in [-0.2, 0) is 11.3 Å². The van der Waals surface area contributed by atoms with Gasteiger partial charge in [-0.05, 0) is 30.2 Å². The number of nitro benzene ring substituents is 1. The molecular formula is C17H20N2O4. The number of carbonyl (C=O) groups excluding carboxylic acids is 1. The van der Waals surface area contributed by atoms with Crippen molar-refractivity contribution in [1.82, 2.24) is 4.57 Å². The lowest BCUT2D eigenvalue weighted by Crippen LogP contribution is -2.09. The van der Waals surface area contributed by atoms with Crippen LogP contribution in [-0.4, -0.2) is 22.6 Å². The molecule has 2 aromatic rings. The Kier molecular flexibility index (Phi) is 5.51. The van der Waals surface area contributed by atoms with Gasteiger partial charge in [-0.1, -0.05) is 19.8 Å². The Morgan fingerprint density at radius 2 is 1.91 bits per heavy atom. The quantitative estimate of drug-likeness (QED) is 0.334. The number of unbranched alkanes of at least 4 members (excludes halogenated alkanes) is 2. The summed E-state index contributed by atoms with van der Waals surface area (Å²) < 4.78 is 6.72. The zero-order valence-corrected chi connectivity index (χ0v) is 13.3. The van der Waals surface area contributed by atoms with E-state index in [2.05, 4.69) is 6.92 Å². The van der Waals surface area contributed by atoms with Crippen LogP contribution >= 0.6 is 0 Å². The fourth-order valence-electron chi connectivity index (χ4n) is 2.44. The minimum atomic E-state index is -0.431. The van der Waals surface area contributed by atoms with Crippen molar-refractivity contribution in [1.29, 1.82) is 0 Å². The van der Waals surface area contributed by atoms with Crippen molar-refractivity contribution in [3.8, 4) is 11.1 Å². The third-order valence-electron chi connectivity index (χ3n) is 3.71. The molecule has 0 bridgehead atoms. The summed E-state index contributed by atoms with van der Waals surface area (Å²) in [5.74, 6) is -0.380. The Balaban J connectivity index is 2.31. The largest absolute Gasteiger partial charge is 0.464 e. The van der Waals surface area contributed by atoms with E-state index in [0.29, 0.717) is 5.69 Å². The number of aryl methyl sites for hydroxylation is 1. The van der Waals surface area contributed by atoms with Crippen LogP contribution in [0.3, 0.4) is 0 Å². The van der Waals surface area contributed by atoms with Gasteiger partial charge in [-0.2, -0.15) is 0 Å². The molecule has 0 atom stereocenters. The summed E-state index contributed by atoms with van der Waals surface area (Å²) in [6, 6.07) is 8.05. The van der Waals surface area contributed by atoms with Crippen molar-refractivity contribution < 1.29 is 14.5 Å². The number of aromatic nitrogens is 1. The monoisotopic (exact) mass is 316 g/mol. The Morgan fingerprint density at radius 3 is 2.48 bits per heavy atom. The van der Waals surface area contributed by atoms with E-state index >= 15 is 0 Å². The molecule has 0 saturated carbocycles. The van der Waals surface area contributed by atoms with Crippen molar-refractivity contribution in [3.05, 3.63) is 52.3 Å². The van der Waals surface area contributed by atoms with Crippen LogP contribution in [0.25, 0.3) is 11.1 Å². The van der Waals surface area contributed by atoms with Gasteiger partial charge in [-0.25, -0.2) is 4.79 Å². The number of nitrogens with zero attached hydrogens (tertiary/aromatic N) is 2. The molecule has 0 unspecified atom stereocenters. The number of hydrogen-bond acceptors (Lipinski definition) is 4. The molecule has 0 radical (unpaired) electrons. The molecule has 2 rings (SSSR count). The molecule has 1 aromatic carbocycles. The molecule has 0 spiro atoms. The van der Waals surface area contributed by atoms with Gasteiger partial charge in [0.25, 0.3) is 5.69 Å². The minimum absolute atomic E-state index is 0.0457. The summed E-state index contributed by atoms with van der Waals surface area (Å²) in [6.45, 7) is 2.87. The Hall–Kier alpha value is -2.63. The van der Waals surface area contributed by atoms with Crippen LogP contribution < -0.4 is 0 Å². The molecule has 6 heteroatoms. The predicted molar refractivity (Wildman–Crippen MR) is 87.4 cm³/mol. The highest BCUT2D eigenvalue weighted by atomic mass is 16.6. The van der Waals surface area contributed by atoms with Crippen LogP contribution in [0.4, 0.5) is 5.69 Å². The third-order valence-corrected chi connectivity index (χ3v) is 3.71. The van der Waals surface area contributed by atoms with E-state index < -0.39 is 4.92 Å². The van der Waals surface area contributed by atoms with E-state index in [1.165, 1.54) is 19.2 Å². The first-order chi connectivity index (χ1) is 11.1. The van der Waals surface area contributed by atoms with E-state index in [4.69, 9.17) is 4.74 Å². The normalized spacial score (nSPS) is 10.5. The summed E-state index contributed by atoms with van der Waals surface area (Å²) >= 11 is 0. The highest BCUT2D eigenvalue weighted by Gasteiger charge is 2.15. The number of nitro groups is 1. The molecule has 1 aromatic heterocycles. The summed E-state index contributed by atoms with van der Waals surface area (Å²) in [7, 11) is 1.36. The lowest BCUT2D eigenvalue weighted by atomic mass is 10.1. The molecule has 0 aliphatic carbocycles. The van der Waals surface area contributed by atoms with Crippen molar-refractivity contribution in [2.24, 2.45) is 0 Å². The fourth-order valence-corrected chi connectivity index (χ4v) is 2.44. The number of carbonyl (C=O) groups is 1. The SMILES string of the molecule is CCCCCn1cc(-c2ccc([N+](=O)[O-])cc2)cc1C(=O)OC. The summed E-state index contributed by atoms with van der Waals surface area (Å²) in [6.07, 6.45) is 5.06. The van der Waals surface area contributed by atoms with Crippen molar-refractivity contribution in [2.45, 2.75) is 32.7 Å². The van der Waals surface area contributed by atoms with Gasteiger partial charge < -0.3 is 9.30 Å². The zero-order valence-electron chi connectivity index (χ0n) is 13.3. The second kappa shape index (κ2) is 7.58. The van der Waals surface area contributed by atoms with Crippen molar-refractivity contribution in [3.63, 3.8) is 0 Å². The van der Waals surface area contributed by atoms with Gasteiger partial charge in [-0.3, -0.25) is 10.1 Å². The molecule has 0 saturated heterocycles. The number of methoxy groups -OCH3 is 1. The number of esters is 1. The van der Waals surface area contributed by atoms with Gasteiger partial charge in [0.1, 0.15) is 5.69 Å². The van der Waals surface area contributed by atoms with Gasteiger partial charge in [0.15, 0.2) is 0 Å². The maximum absolute atomic E-state index is 11.9. The summed E-state index contributed by atoms with van der Waals surface area (Å²) in [5, 5.41) is 10.7. The maximum Gasteiger partial charge on any atom is 0.354 e. The number of rotatable bonds is 7. The first kappa shape index (κ1) is 16.7. The van der Waals surface area contributed by atoms with Crippen molar-refractivity contribution in [2.75, 3.05) is 7.11 Å². The smallest absolute Gasteiger partial charge is 0.354 e. The van der Waals surface area contributed by atoms with E-state index in [0.717, 1.165) is 36.9 Å². The number of non-ortho nitro benzene ring substituents is 1. The molecule has 122 valence electrons.